The third kappa shape index (κ3) is 3.90. The number of aromatic nitrogens is 1. The molecule has 3 rings (SSSR count). The topological polar surface area (TPSA) is 79.3 Å². The van der Waals surface area contributed by atoms with Crippen molar-refractivity contribution in [2.45, 2.75) is 38.6 Å². The molecule has 0 unspecified atom stereocenters. The van der Waals surface area contributed by atoms with Crippen LogP contribution in [0.25, 0.3) is 11.3 Å². The summed E-state index contributed by atoms with van der Waals surface area (Å²) in [5.41, 5.74) is 0.821. The smallest absolute Gasteiger partial charge is 0.309 e. The molecule has 2 N–H and O–H groups in total. The van der Waals surface area contributed by atoms with E-state index in [2.05, 4.69) is 10.3 Å². The number of carbonyl (C=O) groups excluding carboxylic acids is 1. The van der Waals surface area contributed by atoms with Crippen molar-refractivity contribution in [3.05, 3.63) is 54.0 Å². The fourth-order valence-electron chi connectivity index (χ4n) is 3.42. The molecule has 136 valence electrons. The number of hydrogen-bond donors (Lipinski definition) is 2. The summed E-state index contributed by atoms with van der Waals surface area (Å²) < 4.78 is 13.3. The molecule has 0 saturated heterocycles. The standard InChI is InChI=1S/C20H21FN2O3/c1-20(19(25)26)9-3-6-16(11-20)23-18(24)14-7-8-17(22-12-14)13-4-2-5-15(21)10-13/h2,4-5,7-8,10,12,16H,3,6,9,11H2,1H3,(H,23,24)(H,25,26)/t16-,20-/m0/s1. The van der Waals surface area contributed by atoms with Crippen molar-refractivity contribution in [2.75, 3.05) is 0 Å². The Kier molecular flexibility index (Phi) is 5.02. The van der Waals surface area contributed by atoms with E-state index >= 15 is 0 Å². The molecule has 1 aliphatic carbocycles. The summed E-state index contributed by atoms with van der Waals surface area (Å²) in [5, 5.41) is 12.3. The molecule has 0 radical (unpaired) electrons. The number of carbonyl (C=O) groups is 2. The third-order valence-electron chi connectivity index (χ3n) is 4.98. The van der Waals surface area contributed by atoms with Gasteiger partial charge in [-0.3, -0.25) is 14.6 Å². The van der Waals surface area contributed by atoms with Gasteiger partial charge in [-0.2, -0.15) is 0 Å². The van der Waals surface area contributed by atoms with Crippen molar-refractivity contribution in [1.82, 2.24) is 10.3 Å². The molecule has 1 fully saturated rings. The maximum Gasteiger partial charge on any atom is 0.309 e. The first-order valence-electron chi connectivity index (χ1n) is 8.64. The third-order valence-corrected chi connectivity index (χ3v) is 4.98. The maximum absolute atomic E-state index is 13.3. The molecular weight excluding hydrogens is 335 g/mol. The number of nitrogens with one attached hydrogen (secondary N) is 1. The van der Waals surface area contributed by atoms with E-state index in [0.717, 1.165) is 12.8 Å². The number of amides is 1. The van der Waals surface area contributed by atoms with Crippen LogP contribution >= 0.6 is 0 Å². The van der Waals surface area contributed by atoms with E-state index in [4.69, 9.17) is 0 Å². The van der Waals surface area contributed by atoms with E-state index in [1.54, 1.807) is 31.2 Å². The van der Waals surface area contributed by atoms with Gasteiger partial charge in [-0.1, -0.05) is 18.6 Å². The second-order valence-corrected chi connectivity index (χ2v) is 7.08. The van der Waals surface area contributed by atoms with Gasteiger partial charge in [0.2, 0.25) is 0 Å². The van der Waals surface area contributed by atoms with E-state index in [-0.39, 0.29) is 17.8 Å². The Labute approximate surface area is 151 Å². The van der Waals surface area contributed by atoms with Crippen LogP contribution in [0, 0.1) is 11.2 Å². The molecule has 0 bridgehead atoms. The zero-order valence-electron chi connectivity index (χ0n) is 14.5. The van der Waals surface area contributed by atoms with Gasteiger partial charge in [0, 0.05) is 17.8 Å². The SMILES string of the molecule is C[C@]1(C(=O)O)CCC[C@H](NC(=O)c2ccc(-c3cccc(F)c3)nc2)C1. The van der Waals surface area contributed by atoms with Gasteiger partial charge in [-0.05, 0) is 50.5 Å². The lowest BCUT2D eigenvalue weighted by molar-refractivity contribution is -0.150. The zero-order chi connectivity index (χ0) is 18.7. The summed E-state index contributed by atoms with van der Waals surface area (Å²) in [4.78, 5) is 28.1. The molecular formula is C20H21FN2O3. The summed E-state index contributed by atoms with van der Waals surface area (Å²) in [6.07, 6.45) is 4.03. The predicted octanol–water partition coefficient (Wildman–Crippen LogP) is 3.65. The summed E-state index contributed by atoms with van der Waals surface area (Å²) in [7, 11) is 0. The van der Waals surface area contributed by atoms with Crippen molar-refractivity contribution in [3.8, 4) is 11.3 Å². The van der Waals surface area contributed by atoms with E-state index in [1.165, 1.54) is 18.3 Å². The Morgan fingerprint density at radius 3 is 2.77 bits per heavy atom. The van der Waals surface area contributed by atoms with Gasteiger partial charge in [-0.25, -0.2) is 4.39 Å². The number of benzene rings is 1. The molecule has 2 atom stereocenters. The largest absolute Gasteiger partial charge is 0.481 e. The van der Waals surface area contributed by atoms with Gasteiger partial charge in [0.15, 0.2) is 0 Å². The lowest BCUT2D eigenvalue weighted by Gasteiger charge is -2.35. The lowest BCUT2D eigenvalue weighted by atomic mass is 9.73. The summed E-state index contributed by atoms with van der Waals surface area (Å²) >= 11 is 0. The molecule has 1 aromatic heterocycles. The van der Waals surface area contributed by atoms with Crippen LogP contribution in [0.5, 0.6) is 0 Å². The maximum atomic E-state index is 13.3. The average molecular weight is 356 g/mol. The number of halogens is 1. The number of aliphatic carboxylic acids is 1. The first-order chi connectivity index (χ1) is 12.4. The molecule has 26 heavy (non-hydrogen) atoms. The Morgan fingerprint density at radius 2 is 2.12 bits per heavy atom. The fourth-order valence-corrected chi connectivity index (χ4v) is 3.42. The molecule has 0 aliphatic heterocycles. The molecule has 2 aromatic rings. The normalized spacial score (nSPS) is 22.6. The number of nitrogens with zero attached hydrogens (tertiary/aromatic N) is 1. The highest BCUT2D eigenvalue weighted by atomic mass is 19.1. The lowest BCUT2D eigenvalue weighted by Crippen LogP contribution is -2.44. The molecule has 1 aromatic carbocycles. The van der Waals surface area contributed by atoms with E-state index in [9.17, 15) is 19.1 Å². The summed E-state index contributed by atoms with van der Waals surface area (Å²) in [5.74, 6) is -1.44. The van der Waals surface area contributed by atoms with Gasteiger partial charge in [0.25, 0.3) is 5.91 Å². The predicted molar refractivity (Wildman–Crippen MR) is 95.1 cm³/mol. The second-order valence-electron chi connectivity index (χ2n) is 7.08. The number of hydrogen-bond acceptors (Lipinski definition) is 3. The molecule has 5 nitrogen and oxygen atoms in total. The first kappa shape index (κ1) is 18.0. The summed E-state index contributed by atoms with van der Waals surface area (Å²) in [6.45, 7) is 1.73. The Hall–Kier alpha value is -2.76. The molecule has 1 aliphatic rings. The highest BCUT2D eigenvalue weighted by molar-refractivity contribution is 5.94. The molecule has 1 amide bonds. The van der Waals surface area contributed by atoms with Crippen molar-refractivity contribution in [1.29, 1.82) is 0 Å². The van der Waals surface area contributed by atoms with Gasteiger partial charge in [0.1, 0.15) is 5.82 Å². The fraction of sp³-hybridized carbons (Fsp3) is 0.350. The quantitative estimate of drug-likeness (QED) is 0.876. The zero-order valence-corrected chi connectivity index (χ0v) is 14.5. The van der Waals surface area contributed by atoms with Gasteiger partial charge >= 0.3 is 5.97 Å². The van der Waals surface area contributed by atoms with Gasteiger partial charge < -0.3 is 10.4 Å². The Balaban J connectivity index is 1.68. The van der Waals surface area contributed by atoms with Crippen LogP contribution in [0.2, 0.25) is 0 Å². The van der Waals surface area contributed by atoms with Crippen LogP contribution in [0.1, 0.15) is 43.0 Å². The van der Waals surface area contributed by atoms with Crippen LogP contribution in [-0.2, 0) is 4.79 Å². The van der Waals surface area contributed by atoms with E-state index < -0.39 is 11.4 Å². The minimum atomic E-state index is -0.822. The van der Waals surface area contributed by atoms with Crippen LogP contribution in [-0.4, -0.2) is 28.0 Å². The highest BCUT2D eigenvalue weighted by Gasteiger charge is 2.39. The van der Waals surface area contributed by atoms with Crippen molar-refractivity contribution < 1.29 is 19.1 Å². The van der Waals surface area contributed by atoms with Crippen LogP contribution in [0.3, 0.4) is 0 Å². The second kappa shape index (κ2) is 7.23. The minimum absolute atomic E-state index is 0.166. The Morgan fingerprint density at radius 1 is 1.31 bits per heavy atom. The number of pyridine rings is 1. The Bertz CT molecular complexity index is 822. The van der Waals surface area contributed by atoms with Gasteiger partial charge in [0.05, 0.1) is 16.7 Å². The molecule has 0 spiro atoms. The van der Waals surface area contributed by atoms with Crippen molar-refractivity contribution >= 4 is 11.9 Å². The minimum Gasteiger partial charge on any atom is -0.481 e. The van der Waals surface area contributed by atoms with E-state index in [0.29, 0.717) is 29.7 Å². The average Bonchev–Trinajstić information content (AvgIpc) is 2.62. The molecule has 6 heteroatoms. The first-order valence-corrected chi connectivity index (χ1v) is 8.64. The number of carboxylic acid groups (broad SMARTS) is 1. The van der Waals surface area contributed by atoms with Crippen molar-refractivity contribution in [3.63, 3.8) is 0 Å². The molecule has 1 heterocycles. The number of rotatable bonds is 4. The highest BCUT2D eigenvalue weighted by Crippen LogP contribution is 2.36. The van der Waals surface area contributed by atoms with Crippen molar-refractivity contribution in [2.24, 2.45) is 5.41 Å². The summed E-state index contributed by atoms with van der Waals surface area (Å²) in [6, 6.07) is 9.25. The van der Waals surface area contributed by atoms with Gasteiger partial charge in [-0.15, -0.1) is 0 Å². The monoisotopic (exact) mass is 356 g/mol. The van der Waals surface area contributed by atoms with Crippen LogP contribution < -0.4 is 5.32 Å². The molecule has 1 saturated carbocycles. The van der Waals surface area contributed by atoms with Crippen LogP contribution in [0.15, 0.2) is 42.6 Å². The van der Waals surface area contributed by atoms with E-state index in [1.807, 2.05) is 0 Å². The van der Waals surface area contributed by atoms with Crippen LogP contribution in [0.4, 0.5) is 4.39 Å². The number of carboxylic acids is 1.